The van der Waals surface area contributed by atoms with Crippen molar-refractivity contribution >= 4 is 33.5 Å². The van der Waals surface area contributed by atoms with Gasteiger partial charge >= 0.3 is 11.9 Å². The lowest BCUT2D eigenvalue weighted by Crippen LogP contribution is -2.34. The molecule has 8 nitrogen and oxygen atoms in total. The molecule has 0 spiro atoms. The van der Waals surface area contributed by atoms with Gasteiger partial charge in [-0.1, -0.05) is 77.9 Å². The second-order valence-electron chi connectivity index (χ2n) is 18.9. The minimum atomic E-state index is -0.320. The topological polar surface area (TPSA) is 95.1 Å². The molecule has 0 bridgehead atoms. The van der Waals surface area contributed by atoms with Crippen molar-refractivity contribution in [2.45, 2.75) is 144 Å². The Balaban J connectivity index is 0.000000221. The molecule has 2 saturated carbocycles. The first-order chi connectivity index (χ1) is 27.5. The number of esters is 2. The summed E-state index contributed by atoms with van der Waals surface area (Å²) >= 11 is 0. The minimum Gasteiger partial charge on any atom is -0.490 e. The Morgan fingerprint density at radius 1 is 0.534 bits per heavy atom. The fourth-order valence-corrected chi connectivity index (χ4v) is 8.45. The average Bonchev–Trinajstić information content (AvgIpc) is 3.21. The molecular formula is C50H70N2O6. The maximum Gasteiger partial charge on any atom is 0.322 e. The van der Waals surface area contributed by atoms with E-state index < -0.39 is 0 Å². The van der Waals surface area contributed by atoms with Crippen LogP contribution >= 0.6 is 0 Å². The van der Waals surface area contributed by atoms with E-state index in [0.29, 0.717) is 36.1 Å². The Hall–Kier alpha value is -4.14. The number of carbonyl (C=O) groups is 2. The first kappa shape index (κ1) is 45.0. The van der Waals surface area contributed by atoms with Gasteiger partial charge in [0, 0.05) is 13.1 Å². The molecule has 6 rings (SSSR count). The van der Waals surface area contributed by atoms with E-state index in [1.54, 1.807) is 0 Å². The molecule has 0 heterocycles. The molecule has 2 atom stereocenters. The van der Waals surface area contributed by atoms with Gasteiger partial charge in [-0.05, 0) is 157 Å². The number of rotatable bonds is 12. The molecule has 0 amide bonds. The number of hydrogen-bond donors (Lipinski definition) is 2. The standard InChI is InChI=1S/2C25H35NO3/c2*1-17(24(27)28-5)26-16-18-6-7-20-15-23(11-8-19(20)14-18)29-22-12-9-21(10-13-22)25(2,3)4/h2*6-8,11,14-15,17,21-22,26H,9-10,12-13,16H2,1-5H3. The quantitative estimate of drug-likeness (QED) is 0.137. The van der Waals surface area contributed by atoms with E-state index in [2.05, 4.69) is 125 Å². The fourth-order valence-electron chi connectivity index (χ4n) is 8.45. The van der Waals surface area contributed by atoms with Crippen LogP contribution in [0.25, 0.3) is 21.5 Å². The predicted octanol–water partition coefficient (Wildman–Crippen LogP) is 10.9. The molecule has 0 radical (unpaired) electrons. The normalized spacial score (nSPS) is 21.0. The zero-order valence-electron chi connectivity index (χ0n) is 36.9. The van der Waals surface area contributed by atoms with Crippen LogP contribution in [0.5, 0.6) is 11.5 Å². The number of nitrogens with one attached hydrogen (secondary N) is 2. The zero-order chi connectivity index (χ0) is 42.0. The molecule has 4 aromatic rings. The molecule has 2 fully saturated rings. The second kappa shape index (κ2) is 20.2. The summed E-state index contributed by atoms with van der Waals surface area (Å²) < 4.78 is 22.1. The Morgan fingerprint density at radius 2 is 0.862 bits per heavy atom. The Bertz CT molecular complexity index is 1800. The predicted molar refractivity (Wildman–Crippen MR) is 236 cm³/mol. The van der Waals surface area contributed by atoms with E-state index >= 15 is 0 Å². The number of fused-ring (bicyclic) bond motifs is 2. The van der Waals surface area contributed by atoms with E-state index in [1.165, 1.54) is 61.4 Å². The summed E-state index contributed by atoms with van der Waals surface area (Å²) in [7, 11) is 2.82. The smallest absolute Gasteiger partial charge is 0.322 e. The second-order valence-corrected chi connectivity index (χ2v) is 18.9. The molecule has 4 aromatic carbocycles. The molecule has 2 aliphatic rings. The van der Waals surface area contributed by atoms with Crippen molar-refractivity contribution in [3.8, 4) is 11.5 Å². The highest BCUT2D eigenvalue weighted by atomic mass is 16.5. The third-order valence-electron chi connectivity index (χ3n) is 12.5. The van der Waals surface area contributed by atoms with Gasteiger partial charge in [0.25, 0.3) is 0 Å². The van der Waals surface area contributed by atoms with Crippen LogP contribution in [0.3, 0.4) is 0 Å². The van der Waals surface area contributed by atoms with Gasteiger partial charge in [-0.3, -0.25) is 9.59 Å². The van der Waals surface area contributed by atoms with Crippen LogP contribution in [0.1, 0.15) is 118 Å². The largest absolute Gasteiger partial charge is 0.490 e. The first-order valence-electron chi connectivity index (χ1n) is 21.5. The van der Waals surface area contributed by atoms with Gasteiger partial charge in [-0.25, -0.2) is 0 Å². The Kier molecular flexibility index (Phi) is 15.7. The molecule has 2 aliphatic carbocycles. The highest BCUT2D eigenvalue weighted by Crippen LogP contribution is 2.40. The van der Waals surface area contributed by atoms with Crippen molar-refractivity contribution in [1.82, 2.24) is 10.6 Å². The SMILES string of the molecule is COC(=O)C(C)NCc1ccc2cc(OC3CCC(C(C)(C)C)CC3)ccc2c1.COC(=O)C(C)NCc1ccc2cc(OC3CCC(C(C)(C)C)CC3)ccc2c1. The van der Waals surface area contributed by atoms with Crippen LogP contribution in [0.2, 0.25) is 0 Å². The van der Waals surface area contributed by atoms with Gasteiger partial charge in [-0.15, -0.1) is 0 Å². The van der Waals surface area contributed by atoms with Crippen LogP contribution < -0.4 is 20.1 Å². The molecular weight excluding hydrogens is 725 g/mol. The van der Waals surface area contributed by atoms with E-state index in [9.17, 15) is 9.59 Å². The van der Waals surface area contributed by atoms with E-state index in [4.69, 9.17) is 18.9 Å². The van der Waals surface area contributed by atoms with E-state index in [-0.39, 0.29) is 24.0 Å². The highest BCUT2D eigenvalue weighted by molar-refractivity contribution is 5.85. The van der Waals surface area contributed by atoms with Crippen LogP contribution in [0, 0.1) is 22.7 Å². The number of hydrogen-bond acceptors (Lipinski definition) is 8. The lowest BCUT2D eigenvalue weighted by Gasteiger charge is -2.37. The van der Waals surface area contributed by atoms with Gasteiger partial charge in [-0.2, -0.15) is 0 Å². The van der Waals surface area contributed by atoms with Gasteiger partial charge in [0.05, 0.1) is 26.4 Å². The number of ether oxygens (including phenoxy) is 4. The fraction of sp³-hybridized carbons (Fsp3) is 0.560. The van der Waals surface area contributed by atoms with Crippen molar-refractivity contribution in [1.29, 1.82) is 0 Å². The molecule has 2 unspecified atom stereocenters. The summed E-state index contributed by atoms with van der Waals surface area (Å²) in [5, 5.41) is 11.1. The summed E-state index contributed by atoms with van der Waals surface area (Å²) in [6.07, 6.45) is 10.2. The summed E-state index contributed by atoms with van der Waals surface area (Å²) in [6.45, 7) is 19.0. The number of benzene rings is 4. The highest BCUT2D eigenvalue weighted by Gasteiger charge is 2.31. The van der Waals surface area contributed by atoms with Gasteiger partial charge in [0.1, 0.15) is 23.6 Å². The summed E-state index contributed by atoms with van der Waals surface area (Å²) in [5.41, 5.74) is 3.08. The average molecular weight is 795 g/mol. The molecule has 0 aliphatic heterocycles. The maximum absolute atomic E-state index is 11.5. The summed E-state index contributed by atoms with van der Waals surface area (Å²) in [5.74, 6) is 3.03. The van der Waals surface area contributed by atoms with E-state index in [0.717, 1.165) is 60.1 Å². The molecule has 58 heavy (non-hydrogen) atoms. The van der Waals surface area contributed by atoms with Gasteiger partial charge in [0.15, 0.2) is 0 Å². The first-order valence-corrected chi connectivity index (χ1v) is 21.5. The third kappa shape index (κ3) is 12.9. The van der Waals surface area contributed by atoms with Crippen molar-refractivity contribution in [3.63, 3.8) is 0 Å². The Morgan fingerprint density at radius 3 is 1.19 bits per heavy atom. The van der Waals surface area contributed by atoms with E-state index in [1.807, 2.05) is 13.8 Å². The van der Waals surface area contributed by atoms with Crippen molar-refractivity contribution in [3.05, 3.63) is 83.9 Å². The lowest BCUT2D eigenvalue weighted by molar-refractivity contribution is -0.143. The zero-order valence-corrected chi connectivity index (χ0v) is 36.9. The van der Waals surface area contributed by atoms with Crippen LogP contribution in [0.15, 0.2) is 72.8 Å². The number of carbonyl (C=O) groups excluding carboxylic acids is 2. The maximum atomic E-state index is 11.5. The molecule has 0 saturated heterocycles. The van der Waals surface area contributed by atoms with Crippen LogP contribution in [-0.2, 0) is 32.2 Å². The van der Waals surface area contributed by atoms with Crippen LogP contribution in [-0.4, -0.2) is 50.4 Å². The lowest BCUT2D eigenvalue weighted by atomic mass is 9.72. The summed E-state index contributed by atoms with van der Waals surface area (Å²) in [4.78, 5) is 23.0. The van der Waals surface area contributed by atoms with Crippen molar-refractivity contribution in [2.75, 3.05) is 14.2 Å². The number of methoxy groups -OCH3 is 2. The monoisotopic (exact) mass is 795 g/mol. The van der Waals surface area contributed by atoms with Crippen molar-refractivity contribution < 1.29 is 28.5 Å². The minimum absolute atomic E-state index is 0.246. The molecule has 0 aromatic heterocycles. The van der Waals surface area contributed by atoms with Crippen molar-refractivity contribution in [2.24, 2.45) is 22.7 Å². The molecule has 316 valence electrons. The van der Waals surface area contributed by atoms with Gasteiger partial charge < -0.3 is 29.6 Å². The Labute approximate surface area is 348 Å². The van der Waals surface area contributed by atoms with Crippen LogP contribution in [0.4, 0.5) is 0 Å². The van der Waals surface area contributed by atoms with Gasteiger partial charge in [0.2, 0.25) is 0 Å². The molecule has 8 heteroatoms. The molecule has 2 N–H and O–H groups in total. The third-order valence-corrected chi connectivity index (χ3v) is 12.5. The summed E-state index contributed by atoms with van der Waals surface area (Å²) in [6, 6.07) is 24.8.